The smallest absolute Gasteiger partial charge is 0.254 e. The van der Waals surface area contributed by atoms with Crippen LogP contribution in [0.4, 0.5) is 13.2 Å². The van der Waals surface area contributed by atoms with Crippen LogP contribution in [0.2, 0.25) is 0 Å². The van der Waals surface area contributed by atoms with Crippen LogP contribution in [0, 0.1) is 22.9 Å². The summed E-state index contributed by atoms with van der Waals surface area (Å²) in [4.78, 5) is 24.1. The average Bonchev–Trinajstić information content (AvgIpc) is 2.53. The third-order valence-corrected chi connectivity index (χ3v) is 3.69. The molecule has 0 unspecified atom stereocenters. The van der Waals surface area contributed by atoms with Crippen LogP contribution in [0.1, 0.15) is 51.4 Å². The van der Waals surface area contributed by atoms with Crippen LogP contribution in [0.5, 0.6) is 0 Å². The second-order valence-corrected chi connectivity index (χ2v) is 8.00. The van der Waals surface area contributed by atoms with Gasteiger partial charge in [0.05, 0.1) is 12.2 Å². The van der Waals surface area contributed by atoms with E-state index in [0.29, 0.717) is 12.1 Å². The summed E-state index contributed by atoms with van der Waals surface area (Å²) in [6, 6.07) is 0.199. The van der Waals surface area contributed by atoms with Gasteiger partial charge in [0.15, 0.2) is 17.4 Å². The van der Waals surface area contributed by atoms with Gasteiger partial charge in [-0.15, -0.1) is 0 Å². The first-order chi connectivity index (χ1) is 12.7. The van der Waals surface area contributed by atoms with Crippen molar-refractivity contribution in [1.82, 2.24) is 10.6 Å². The molecule has 0 spiro atoms. The molecule has 1 aromatic carbocycles. The molecule has 0 aliphatic carbocycles. The van der Waals surface area contributed by atoms with Crippen molar-refractivity contribution < 1.29 is 32.6 Å². The molecule has 9 heteroatoms. The van der Waals surface area contributed by atoms with Gasteiger partial charge in [0.1, 0.15) is 5.82 Å². The average molecular weight is 404 g/mol. The minimum Gasteiger partial charge on any atom is -0.366 e. The number of ether oxygens (including phenoxy) is 1. The molecule has 1 aromatic rings. The SMILES string of the molecule is C[C@H](CNC(=O)CC(C)(C)COC(C)(C)O)NC(=O)c1cc(F)c(F)cc1F. The molecule has 2 amide bonds. The fraction of sp³-hybridized carbons (Fsp3) is 0.579. The molecule has 0 saturated heterocycles. The molecule has 0 aliphatic rings. The van der Waals surface area contributed by atoms with Crippen molar-refractivity contribution in [3.8, 4) is 0 Å². The van der Waals surface area contributed by atoms with Crippen molar-refractivity contribution in [3.05, 3.63) is 35.1 Å². The molecule has 1 rings (SSSR count). The van der Waals surface area contributed by atoms with E-state index in [4.69, 9.17) is 4.74 Å². The minimum atomic E-state index is -1.38. The molecule has 0 radical (unpaired) electrons. The van der Waals surface area contributed by atoms with Gasteiger partial charge in [-0.1, -0.05) is 13.8 Å². The summed E-state index contributed by atoms with van der Waals surface area (Å²) >= 11 is 0. The van der Waals surface area contributed by atoms with E-state index in [0.717, 1.165) is 0 Å². The number of carbonyl (C=O) groups is 2. The second-order valence-electron chi connectivity index (χ2n) is 8.00. The summed E-state index contributed by atoms with van der Waals surface area (Å²) in [5.41, 5.74) is -1.16. The summed E-state index contributed by atoms with van der Waals surface area (Å²) in [6.07, 6.45) is 0.113. The zero-order chi connectivity index (χ0) is 21.7. The molecule has 0 aromatic heterocycles. The van der Waals surface area contributed by atoms with Gasteiger partial charge in [-0.3, -0.25) is 9.59 Å². The lowest BCUT2D eigenvalue weighted by Gasteiger charge is -2.28. The van der Waals surface area contributed by atoms with E-state index < -0.39 is 46.2 Å². The maximum absolute atomic E-state index is 13.6. The molecular weight excluding hydrogens is 377 g/mol. The van der Waals surface area contributed by atoms with Crippen molar-refractivity contribution >= 4 is 11.8 Å². The number of rotatable bonds is 9. The summed E-state index contributed by atoms with van der Waals surface area (Å²) in [6.45, 7) is 8.36. The fourth-order valence-electron chi connectivity index (χ4n) is 2.24. The van der Waals surface area contributed by atoms with Gasteiger partial charge in [0.2, 0.25) is 5.91 Å². The number of amides is 2. The Morgan fingerprint density at radius 1 is 1.11 bits per heavy atom. The van der Waals surface area contributed by atoms with Gasteiger partial charge < -0.3 is 20.5 Å². The first-order valence-corrected chi connectivity index (χ1v) is 8.78. The fourth-order valence-corrected chi connectivity index (χ4v) is 2.24. The molecule has 28 heavy (non-hydrogen) atoms. The van der Waals surface area contributed by atoms with Gasteiger partial charge in [0.25, 0.3) is 5.91 Å². The van der Waals surface area contributed by atoms with Crippen LogP contribution in [0.15, 0.2) is 12.1 Å². The lowest BCUT2D eigenvalue weighted by molar-refractivity contribution is -0.192. The monoisotopic (exact) mass is 404 g/mol. The zero-order valence-electron chi connectivity index (χ0n) is 16.7. The molecule has 0 saturated carbocycles. The van der Waals surface area contributed by atoms with Gasteiger partial charge >= 0.3 is 0 Å². The number of aliphatic hydroxyl groups is 1. The van der Waals surface area contributed by atoms with Crippen LogP contribution in [-0.2, 0) is 9.53 Å². The van der Waals surface area contributed by atoms with E-state index in [9.17, 15) is 27.9 Å². The molecule has 158 valence electrons. The summed E-state index contributed by atoms with van der Waals surface area (Å²) < 4.78 is 45.0. The summed E-state index contributed by atoms with van der Waals surface area (Å²) in [7, 11) is 0. The van der Waals surface area contributed by atoms with Crippen LogP contribution in [0.3, 0.4) is 0 Å². The van der Waals surface area contributed by atoms with Crippen molar-refractivity contribution in [3.63, 3.8) is 0 Å². The Labute approximate surface area is 162 Å². The van der Waals surface area contributed by atoms with Crippen molar-refractivity contribution in [2.45, 2.75) is 52.9 Å². The van der Waals surface area contributed by atoms with E-state index in [1.165, 1.54) is 13.8 Å². The molecule has 0 bridgehead atoms. The first kappa shape index (κ1) is 23.9. The normalized spacial score (nSPS) is 13.2. The number of hydrogen-bond acceptors (Lipinski definition) is 4. The van der Waals surface area contributed by atoms with Crippen LogP contribution >= 0.6 is 0 Å². The Hall–Kier alpha value is -2.13. The summed E-state index contributed by atoms with van der Waals surface area (Å²) in [5.74, 6) is -6.42. The highest BCUT2D eigenvalue weighted by Crippen LogP contribution is 2.22. The Morgan fingerprint density at radius 3 is 2.25 bits per heavy atom. The van der Waals surface area contributed by atoms with Crippen LogP contribution in [-0.4, -0.2) is 41.9 Å². The minimum absolute atomic E-state index is 0.0539. The predicted molar refractivity (Wildman–Crippen MR) is 96.9 cm³/mol. The number of carbonyl (C=O) groups excluding carboxylic acids is 2. The molecule has 0 aliphatic heterocycles. The largest absolute Gasteiger partial charge is 0.366 e. The third-order valence-electron chi connectivity index (χ3n) is 3.69. The number of hydrogen-bond donors (Lipinski definition) is 3. The molecular formula is C19H27F3N2O4. The predicted octanol–water partition coefficient (Wildman–Crippen LogP) is 2.50. The lowest BCUT2D eigenvalue weighted by Crippen LogP contribution is -2.43. The zero-order valence-corrected chi connectivity index (χ0v) is 16.7. The molecule has 0 heterocycles. The van der Waals surface area contributed by atoms with Crippen molar-refractivity contribution in [1.29, 1.82) is 0 Å². The first-order valence-electron chi connectivity index (χ1n) is 8.78. The van der Waals surface area contributed by atoms with Gasteiger partial charge in [-0.25, -0.2) is 13.2 Å². The van der Waals surface area contributed by atoms with E-state index in [2.05, 4.69) is 10.6 Å². The number of benzene rings is 1. The Bertz CT molecular complexity index is 718. The third kappa shape index (κ3) is 8.26. The van der Waals surface area contributed by atoms with Crippen molar-refractivity contribution in [2.24, 2.45) is 5.41 Å². The Balaban J connectivity index is 2.51. The highest BCUT2D eigenvalue weighted by atomic mass is 19.2. The highest BCUT2D eigenvalue weighted by molar-refractivity contribution is 5.94. The second kappa shape index (κ2) is 9.38. The maximum atomic E-state index is 13.6. The number of nitrogens with one attached hydrogen (secondary N) is 2. The highest BCUT2D eigenvalue weighted by Gasteiger charge is 2.26. The number of halogens is 3. The van der Waals surface area contributed by atoms with E-state index >= 15 is 0 Å². The molecule has 6 nitrogen and oxygen atoms in total. The van der Waals surface area contributed by atoms with Gasteiger partial charge in [-0.2, -0.15) is 0 Å². The van der Waals surface area contributed by atoms with E-state index in [1.54, 1.807) is 20.8 Å². The quantitative estimate of drug-likeness (QED) is 0.436. The topological polar surface area (TPSA) is 87.7 Å². The van der Waals surface area contributed by atoms with E-state index in [-0.39, 0.29) is 25.5 Å². The van der Waals surface area contributed by atoms with Gasteiger partial charge in [-0.05, 0) is 32.3 Å². The standard InChI is InChI=1S/C19H27F3N2O4/c1-11(24-17(26)12-6-14(21)15(22)7-13(12)20)9-23-16(25)8-18(2,3)10-28-19(4,5)27/h6-7,11,27H,8-10H2,1-5H3,(H,23,25)(H,24,26)/t11-/m1/s1. The Kier molecular flexibility index (Phi) is 8.01. The lowest BCUT2D eigenvalue weighted by atomic mass is 9.90. The Morgan fingerprint density at radius 2 is 1.68 bits per heavy atom. The maximum Gasteiger partial charge on any atom is 0.254 e. The molecule has 3 N–H and O–H groups in total. The van der Waals surface area contributed by atoms with Crippen LogP contribution < -0.4 is 10.6 Å². The van der Waals surface area contributed by atoms with E-state index in [1.807, 2.05) is 0 Å². The molecule has 1 atom stereocenters. The molecule has 0 fully saturated rings. The summed E-state index contributed by atoms with van der Waals surface area (Å²) in [5, 5.41) is 14.6. The van der Waals surface area contributed by atoms with Gasteiger partial charge in [0, 0.05) is 25.1 Å². The van der Waals surface area contributed by atoms with Crippen LogP contribution in [0.25, 0.3) is 0 Å². The van der Waals surface area contributed by atoms with Crippen molar-refractivity contribution in [2.75, 3.05) is 13.2 Å².